The van der Waals surface area contributed by atoms with Gasteiger partial charge in [-0.05, 0) is 49.8 Å². The Morgan fingerprint density at radius 3 is 2.54 bits per heavy atom. The number of nitrogens with zero attached hydrogens (tertiary/aromatic N) is 1. The highest BCUT2D eigenvalue weighted by Gasteiger charge is 2.44. The van der Waals surface area contributed by atoms with Gasteiger partial charge in [-0.25, -0.2) is 9.18 Å². The maximum absolute atomic E-state index is 13.0. The molecular weight excluding hydrogens is 311 g/mol. The van der Waals surface area contributed by atoms with Crippen molar-refractivity contribution in [2.75, 3.05) is 19.7 Å². The molecule has 2 atom stereocenters. The van der Waals surface area contributed by atoms with Crippen LogP contribution in [0.25, 0.3) is 0 Å². The van der Waals surface area contributed by atoms with E-state index in [2.05, 4.69) is 5.32 Å². The van der Waals surface area contributed by atoms with Crippen LogP contribution in [0.3, 0.4) is 0 Å². The Hall–Kier alpha value is -2.11. The second-order valence-electron chi connectivity index (χ2n) is 6.47. The molecule has 2 fully saturated rings. The number of amides is 2. The minimum atomic E-state index is -0.277. The summed E-state index contributed by atoms with van der Waals surface area (Å²) < 4.78 is 17.9. The maximum Gasteiger partial charge on any atom is 0.409 e. The summed E-state index contributed by atoms with van der Waals surface area (Å²) in [6.45, 7) is 3.38. The molecular formula is C18H23FN2O3. The number of nitrogens with one attached hydrogen (secondary N) is 1. The van der Waals surface area contributed by atoms with Gasteiger partial charge in [-0.2, -0.15) is 0 Å². The van der Waals surface area contributed by atoms with Crippen LogP contribution in [0.2, 0.25) is 0 Å². The minimum absolute atomic E-state index is 0.0152. The van der Waals surface area contributed by atoms with Gasteiger partial charge in [0.05, 0.1) is 6.61 Å². The van der Waals surface area contributed by atoms with Crippen molar-refractivity contribution in [3.05, 3.63) is 35.6 Å². The molecule has 130 valence electrons. The molecule has 1 saturated carbocycles. The fourth-order valence-corrected chi connectivity index (χ4v) is 3.29. The lowest BCUT2D eigenvalue weighted by Crippen LogP contribution is -2.47. The predicted octanol–water partition coefficient (Wildman–Crippen LogP) is 2.67. The quantitative estimate of drug-likeness (QED) is 0.921. The molecule has 2 amide bonds. The van der Waals surface area contributed by atoms with E-state index < -0.39 is 0 Å². The third-order valence-electron chi connectivity index (χ3n) is 4.79. The highest BCUT2D eigenvalue weighted by molar-refractivity contribution is 5.83. The van der Waals surface area contributed by atoms with Gasteiger partial charge in [0.15, 0.2) is 0 Å². The Kier molecular flexibility index (Phi) is 5.02. The third-order valence-corrected chi connectivity index (χ3v) is 4.79. The number of hydrogen-bond acceptors (Lipinski definition) is 3. The number of ether oxygens (including phenoxy) is 1. The zero-order valence-electron chi connectivity index (χ0n) is 13.8. The van der Waals surface area contributed by atoms with Crippen LogP contribution in [0.15, 0.2) is 24.3 Å². The number of likely N-dealkylation sites (tertiary alicyclic amines) is 1. The highest BCUT2D eigenvalue weighted by atomic mass is 19.1. The Labute approximate surface area is 141 Å². The molecule has 1 aromatic rings. The number of carbonyl (C=O) groups is 2. The number of halogens is 1. The summed E-state index contributed by atoms with van der Waals surface area (Å²) in [5.74, 6) is -0.00330. The molecule has 3 rings (SSSR count). The van der Waals surface area contributed by atoms with Crippen LogP contribution in [0, 0.1) is 11.7 Å². The molecule has 2 unspecified atom stereocenters. The molecule has 2 aliphatic rings. The van der Waals surface area contributed by atoms with Gasteiger partial charge in [0.25, 0.3) is 0 Å². The van der Waals surface area contributed by atoms with E-state index in [1.54, 1.807) is 24.0 Å². The first-order valence-corrected chi connectivity index (χ1v) is 8.56. The molecule has 0 radical (unpaired) electrons. The summed E-state index contributed by atoms with van der Waals surface area (Å²) in [5.41, 5.74) is 1.02. The lowest BCUT2D eigenvalue weighted by Gasteiger charge is -2.31. The standard InChI is InChI=1S/C18H23FN2O3/c1-2-24-18(23)21-9-7-14(8-10-21)20-17(22)16-11-15(16)12-3-5-13(19)6-4-12/h3-6,14-16H,2,7-11H2,1H3,(H,20,22). The molecule has 0 bridgehead atoms. The van der Waals surface area contributed by atoms with Crippen molar-refractivity contribution in [1.82, 2.24) is 10.2 Å². The molecule has 1 saturated heterocycles. The fourth-order valence-electron chi connectivity index (χ4n) is 3.29. The Bertz CT molecular complexity index is 597. The Balaban J connectivity index is 1.44. The average molecular weight is 334 g/mol. The van der Waals surface area contributed by atoms with E-state index in [4.69, 9.17) is 4.74 Å². The molecule has 5 nitrogen and oxygen atoms in total. The van der Waals surface area contributed by atoms with Crippen molar-refractivity contribution >= 4 is 12.0 Å². The first-order chi connectivity index (χ1) is 11.6. The lowest BCUT2D eigenvalue weighted by molar-refractivity contribution is -0.123. The molecule has 1 N–H and O–H groups in total. The van der Waals surface area contributed by atoms with Gasteiger partial charge in [0, 0.05) is 25.0 Å². The molecule has 1 aromatic carbocycles. The largest absolute Gasteiger partial charge is 0.450 e. The van der Waals surface area contributed by atoms with Crippen molar-refractivity contribution in [2.45, 2.75) is 38.1 Å². The first-order valence-electron chi connectivity index (χ1n) is 8.56. The second-order valence-corrected chi connectivity index (χ2v) is 6.47. The van der Waals surface area contributed by atoms with E-state index in [0.717, 1.165) is 24.8 Å². The van der Waals surface area contributed by atoms with Crippen molar-refractivity contribution in [2.24, 2.45) is 5.92 Å². The van der Waals surface area contributed by atoms with Gasteiger partial charge in [-0.3, -0.25) is 4.79 Å². The summed E-state index contributed by atoms with van der Waals surface area (Å²) >= 11 is 0. The third kappa shape index (κ3) is 3.86. The number of hydrogen-bond donors (Lipinski definition) is 1. The van der Waals surface area contributed by atoms with Gasteiger partial charge in [-0.1, -0.05) is 12.1 Å². The van der Waals surface area contributed by atoms with Crippen LogP contribution in [-0.4, -0.2) is 42.6 Å². The van der Waals surface area contributed by atoms with Gasteiger partial charge in [0.2, 0.25) is 5.91 Å². The summed E-state index contributed by atoms with van der Waals surface area (Å²) in [6.07, 6.45) is 2.04. The molecule has 0 spiro atoms. The summed E-state index contributed by atoms with van der Waals surface area (Å²) in [4.78, 5) is 25.7. The van der Waals surface area contributed by atoms with E-state index in [1.807, 2.05) is 0 Å². The van der Waals surface area contributed by atoms with E-state index in [-0.39, 0.29) is 35.7 Å². The van der Waals surface area contributed by atoms with Crippen LogP contribution in [0.4, 0.5) is 9.18 Å². The van der Waals surface area contributed by atoms with E-state index in [0.29, 0.717) is 19.7 Å². The Morgan fingerprint density at radius 1 is 1.25 bits per heavy atom. The molecule has 6 heteroatoms. The summed E-state index contributed by atoms with van der Waals surface area (Å²) in [5, 5.41) is 3.09. The van der Waals surface area contributed by atoms with Crippen LogP contribution in [0.5, 0.6) is 0 Å². The van der Waals surface area contributed by atoms with Gasteiger partial charge < -0.3 is 15.0 Å². The van der Waals surface area contributed by atoms with Crippen molar-refractivity contribution in [3.63, 3.8) is 0 Å². The van der Waals surface area contributed by atoms with Gasteiger partial charge in [-0.15, -0.1) is 0 Å². The van der Waals surface area contributed by atoms with Crippen LogP contribution < -0.4 is 5.32 Å². The SMILES string of the molecule is CCOC(=O)N1CCC(NC(=O)C2CC2c2ccc(F)cc2)CC1. The number of benzene rings is 1. The highest BCUT2D eigenvalue weighted by Crippen LogP contribution is 2.47. The van der Waals surface area contributed by atoms with E-state index >= 15 is 0 Å². The molecule has 0 aromatic heterocycles. The fraction of sp³-hybridized carbons (Fsp3) is 0.556. The van der Waals surface area contributed by atoms with Crippen molar-refractivity contribution in [3.8, 4) is 0 Å². The Morgan fingerprint density at radius 2 is 1.92 bits per heavy atom. The second kappa shape index (κ2) is 7.20. The van der Waals surface area contributed by atoms with Crippen molar-refractivity contribution in [1.29, 1.82) is 0 Å². The molecule has 24 heavy (non-hydrogen) atoms. The normalized spacial score (nSPS) is 23.7. The lowest BCUT2D eigenvalue weighted by atomic mass is 10.0. The summed E-state index contributed by atoms with van der Waals surface area (Å²) in [7, 11) is 0. The minimum Gasteiger partial charge on any atom is -0.450 e. The molecule has 1 heterocycles. The van der Waals surface area contributed by atoms with Gasteiger partial charge in [0.1, 0.15) is 5.82 Å². The number of carbonyl (C=O) groups excluding carboxylic acids is 2. The van der Waals surface area contributed by atoms with Crippen molar-refractivity contribution < 1.29 is 18.7 Å². The van der Waals surface area contributed by atoms with Crippen LogP contribution in [-0.2, 0) is 9.53 Å². The zero-order valence-corrected chi connectivity index (χ0v) is 13.8. The number of rotatable bonds is 4. The maximum atomic E-state index is 13.0. The van der Waals surface area contributed by atoms with E-state index in [1.165, 1.54) is 12.1 Å². The monoisotopic (exact) mass is 334 g/mol. The van der Waals surface area contributed by atoms with Crippen LogP contribution >= 0.6 is 0 Å². The summed E-state index contributed by atoms with van der Waals surface area (Å²) in [6, 6.07) is 6.50. The number of piperidine rings is 1. The zero-order chi connectivity index (χ0) is 17.1. The molecule has 1 aliphatic heterocycles. The van der Waals surface area contributed by atoms with E-state index in [9.17, 15) is 14.0 Å². The van der Waals surface area contributed by atoms with Crippen LogP contribution in [0.1, 0.15) is 37.7 Å². The van der Waals surface area contributed by atoms with Gasteiger partial charge >= 0.3 is 6.09 Å². The first kappa shape index (κ1) is 16.7. The topological polar surface area (TPSA) is 58.6 Å². The molecule has 1 aliphatic carbocycles. The predicted molar refractivity (Wildman–Crippen MR) is 87.0 cm³/mol. The smallest absolute Gasteiger partial charge is 0.409 e. The average Bonchev–Trinajstić information content (AvgIpc) is 3.37.